The second kappa shape index (κ2) is 9.37. The zero-order valence-corrected chi connectivity index (χ0v) is 18.4. The van der Waals surface area contributed by atoms with Crippen molar-refractivity contribution in [3.8, 4) is 23.2 Å². The van der Waals surface area contributed by atoms with E-state index in [0.717, 1.165) is 16.9 Å². The van der Waals surface area contributed by atoms with Crippen molar-refractivity contribution in [2.75, 3.05) is 0 Å². The van der Waals surface area contributed by atoms with Gasteiger partial charge in [0.1, 0.15) is 11.9 Å². The highest BCUT2D eigenvalue weighted by atomic mass is 79.9. The Hall–Kier alpha value is -3.16. The molecule has 1 aromatic carbocycles. The number of alkyl halides is 3. The number of ether oxygens (including phenoxy) is 2. The first-order chi connectivity index (χ1) is 15.7. The molecular formula is C19H17BrF3N5O5. The molecule has 10 nitrogen and oxygen atoms in total. The van der Waals surface area contributed by atoms with E-state index in [-0.39, 0.29) is 35.4 Å². The van der Waals surface area contributed by atoms with Gasteiger partial charge in [-0.25, -0.2) is 0 Å². The average Bonchev–Trinajstić information content (AvgIpc) is 3.39. The fourth-order valence-electron chi connectivity index (χ4n) is 3.34. The zero-order chi connectivity index (χ0) is 23.6. The summed E-state index contributed by atoms with van der Waals surface area (Å²) in [5.74, 6) is -0.501. The molecule has 176 valence electrons. The number of nitrogens with zero attached hydrogens (tertiary/aromatic N) is 5. The summed E-state index contributed by atoms with van der Waals surface area (Å²) in [7, 11) is 0. The number of hydrogen-bond donors (Lipinski definition) is 1. The molecule has 1 fully saturated rings. The predicted molar refractivity (Wildman–Crippen MR) is 107 cm³/mol. The smallest absolute Gasteiger partial charge is 0.416 e. The van der Waals surface area contributed by atoms with Gasteiger partial charge in [0.25, 0.3) is 5.88 Å². The van der Waals surface area contributed by atoms with Crippen LogP contribution < -0.4 is 9.47 Å². The quantitative estimate of drug-likeness (QED) is 0.481. The summed E-state index contributed by atoms with van der Waals surface area (Å²) in [6, 6.07) is 4.79. The van der Waals surface area contributed by atoms with Gasteiger partial charge < -0.3 is 19.1 Å². The fourth-order valence-corrected chi connectivity index (χ4v) is 3.68. The molecule has 4 rings (SSSR count). The molecule has 1 saturated carbocycles. The van der Waals surface area contributed by atoms with Crippen LogP contribution in [0.15, 0.2) is 33.3 Å². The third kappa shape index (κ3) is 5.80. The van der Waals surface area contributed by atoms with Crippen molar-refractivity contribution in [2.24, 2.45) is 0 Å². The van der Waals surface area contributed by atoms with E-state index in [9.17, 15) is 18.0 Å². The Labute approximate surface area is 192 Å². The standard InChI is InChI=1S/C19H17BrF3N5O5/c20-13-6-1-10(19(21,22)23)7-14(13)31-11-2-4-12(5-3-11)32-16-8-15(33-26-16)18-24-27-28(25-18)9-17(29)30/h1,6-8,11-12H,2-5,9H2,(H,29,30). The molecule has 1 aliphatic carbocycles. The van der Waals surface area contributed by atoms with Gasteiger partial charge in [0.15, 0.2) is 6.54 Å². The van der Waals surface area contributed by atoms with Crippen molar-refractivity contribution in [3.05, 3.63) is 34.3 Å². The third-order valence-electron chi connectivity index (χ3n) is 4.90. The molecule has 2 aromatic heterocycles. The van der Waals surface area contributed by atoms with Gasteiger partial charge >= 0.3 is 12.1 Å². The third-order valence-corrected chi connectivity index (χ3v) is 5.55. The first kappa shape index (κ1) is 23.0. The minimum Gasteiger partial charge on any atom is -0.489 e. The molecule has 0 radical (unpaired) electrons. The number of hydrogen-bond acceptors (Lipinski definition) is 8. The van der Waals surface area contributed by atoms with Gasteiger partial charge in [-0.05, 0) is 70.2 Å². The SMILES string of the molecule is O=C(O)Cn1nnc(-c2cc(OC3CCC(Oc4cc(C(F)(F)F)ccc4Br)CC3)no2)n1. The second-order valence-corrected chi connectivity index (χ2v) is 8.20. The molecule has 2 heterocycles. The van der Waals surface area contributed by atoms with Crippen molar-refractivity contribution in [1.82, 2.24) is 25.4 Å². The van der Waals surface area contributed by atoms with Crippen LogP contribution in [0.5, 0.6) is 11.6 Å². The van der Waals surface area contributed by atoms with E-state index in [1.54, 1.807) is 0 Å². The van der Waals surface area contributed by atoms with Crippen molar-refractivity contribution >= 4 is 21.9 Å². The molecule has 1 N–H and O–H groups in total. The Morgan fingerprint density at radius 3 is 2.55 bits per heavy atom. The van der Waals surface area contributed by atoms with E-state index in [2.05, 4.69) is 36.5 Å². The Morgan fingerprint density at radius 2 is 1.88 bits per heavy atom. The van der Waals surface area contributed by atoms with E-state index < -0.39 is 24.3 Å². The monoisotopic (exact) mass is 531 g/mol. The molecule has 0 unspecified atom stereocenters. The number of carboxylic acids is 1. The maximum absolute atomic E-state index is 13.0. The van der Waals surface area contributed by atoms with Crippen LogP contribution in [0.3, 0.4) is 0 Å². The number of aliphatic carboxylic acids is 1. The van der Waals surface area contributed by atoms with Crippen LogP contribution in [-0.4, -0.2) is 48.6 Å². The molecule has 14 heteroatoms. The lowest BCUT2D eigenvalue weighted by molar-refractivity contribution is -0.138. The summed E-state index contributed by atoms with van der Waals surface area (Å²) in [6.45, 7) is -0.438. The second-order valence-electron chi connectivity index (χ2n) is 7.34. The van der Waals surface area contributed by atoms with Crippen LogP contribution in [0, 0.1) is 0 Å². The molecule has 1 aliphatic rings. The highest BCUT2D eigenvalue weighted by molar-refractivity contribution is 9.10. The van der Waals surface area contributed by atoms with E-state index in [1.807, 2.05) is 0 Å². The summed E-state index contributed by atoms with van der Waals surface area (Å²) in [6.07, 6.45) is -2.48. The lowest BCUT2D eigenvalue weighted by atomic mass is 9.95. The number of aromatic nitrogens is 5. The topological polar surface area (TPSA) is 125 Å². The van der Waals surface area contributed by atoms with E-state index in [1.165, 1.54) is 12.1 Å². The Morgan fingerprint density at radius 1 is 1.18 bits per heavy atom. The summed E-state index contributed by atoms with van der Waals surface area (Å²) in [4.78, 5) is 11.6. The van der Waals surface area contributed by atoms with Crippen LogP contribution in [0.4, 0.5) is 13.2 Å². The Kier molecular flexibility index (Phi) is 6.54. The number of rotatable bonds is 7. The Balaban J connectivity index is 1.31. The van der Waals surface area contributed by atoms with E-state index >= 15 is 0 Å². The maximum Gasteiger partial charge on any atom is 0.416 e. The van der Waals surface area contributed by atoms with Crippen molar-refractivity contribution in [3.63, 3.8) is 0 Å². The normalized spacial score (nSPS) is 18.8. The largest absolute Gasteiger partial charge is 0.489 e. The summed E-state index contributed by atoms with van der Waals surface area (Å²) in [5.41, 5.74) is -0.767. The first-order valence-electron chi connectivity index (χ1n) is 9.84. The van der Waals surface area contributed by atoms with E-state index in [0.29, 0.717) is 30.2 Å². The summed E-state index contributed by atoms with van der Waals surface area (Å²) < 4.78 is 56.1. The fraction of sp³-hybridized carbons (Fsp3) is 0.421. The highest BCUT2D eigenvalue weighted by Crippen LogP contribution is 2.37. The van der Waals surface area contributed by atoms with Crippen LogP contribution in [0.2, 0.25) is 0 Å². The van der Waals surface area contributed by atoms with Gasteiger partial charge in [0, 0.05) is 0 Å². The van der Waals surface area contributed by atoms with Crippen molar-refractivity contribution < 1.29 is 37.1 Å². The van der Waals surface area contributed by atoms with Crippen LogP contribution in [-0.2, 0) is 17.5 Å². The zero-order valence-electron chi connectivity index (χ0n) is 16.8. The van der Waals surface area contributed by atoms with Gasteiger partial charge in [0.05, 0.1) is 22.2 Å². The van der Waals surface area contributed by atoms with E-state index in [4.69, 9.17) is 19.1 Å². The molecule has 33 heavy (non-hydrogen) atoms. The molecule has 3 aromatic rings. The van der Waals surface area contributed by atoms with Crippen molar-refractivity contribution in [2.45, 2.75) is 50.6 Å². The number of halogens is 4. The van der Waals surface area contributed by atoms with Crippen LogP contribution in [0.25, 0.3) is 11.6 Å². The Bertz CT molecular complexity index is 1130. The van der Waals surface area contributed by atoms with Crippen LogP contribution >= 0.6 is 15.9 Å². The summed E-state index contributed by atoms with van der Waals surface area (Å²) in [5, 5.41) is 23.8. The molecule has 0 bridgehead atoms. The maximum atomic E-state index is 13.0. The van der Waals surface area contributed by atoms with Gasteiger partial charge in [-0.2, -0.15) is 18.0 Å². The molecule has 0 saturated heterocycles. The number of carbonyl (C=O) groups is 1. The molecule has 0 atom stereocenters. The highest BCUT2D eigenvalue weighted by Gasteiger charge is 2.32. The predicted octanol–water partition coefficient (Wildman–Crippen LogP) is 3.96. The van der Waals surface area contributed by atoms with Gasteiger partial charge in [-0.1, -0.05) is 0 Å². The molecule has 0 spiro atoms. The molecular weight excluding hydrogens is 515 g/mol. The van der Waals surface area contributed by atoms with Crippen LogP contribution in [0.1, 0.15) is 31.2 Å². The lowest BCUT2D eigenvalue weighted by Gasteiger charge is -2.29. The molecule has 0 amide bonds. The minimum absolute atomic E-state index is 0.0716. The average molecular weight is 532 g/mol. The number of carboxylic acid groups (broad SMARTS) is 1. The number of benzene rings is 1. The lowest BCUT2D eigenvalue weighted by Crippen LogP contribution is -2.30. The minimum atomic E-state index is -4.44. The van der Waals surface area contributed by atoms with Crippen molar-refractivity contribution in [1.29, 1.82) is 0 Å². The summed E-state index contributed by atoms with van der Waals surface area (Å²) >= 11 is 3.23. The molecule has 0 aliphatic heterocycles. The van der Waals surface area contributed by atoms with Gasteiger partial charge in [0.2, 0.25) is 11.6 Å². The number of tetrazole rings is 1. The van der Waals surface area contributed by atoms with Gasteiger partial charge in [-0.15, -0.1) is 10.2 Å². The van der Waals surface area contributed by atoms with Gasteiger partial charge in [-0.3, -0.25) is 4.79 Å². The first-order valence-corrected chi connectivity index (χ1v) is 10.6.